The fourth-order valence-corrected chi connectivity index (χ4v) is 1.89. The molecule has 1 aliphatic rings. The first-order valence-corrected chi connectivity index (χ1v) is 5.76. The van der Waals surface area contributed by atoms with E-state index < -0.39 is 6.29 Å². The Morgan fingerprint density at radius 1 is 1.32 bits per heavy atom. The Balaban J connectivity index is 1.98. The van der Waals surface area contributed by atoms with Crippen molar-refractivity contribution in [3.8, 4) is 17.2 Å². The van der Waals surface area contributed by atoms with Crippen LogP contribution in [0.5, 0.6) is 11.5 Å². The lowest BCUT2D eigenvalue weighted by atomic mass is 10.3. The van der Waals surface area contributed by atoms with E-state index in [-0.39, 0.29) is 11.5 Å². The number of aromatic nitrogens is 2. The Bertz CT molecular complexity index is 613. The molecule has 0 fully saturated rings. The molecule has 5 nitrogen and oxygen atoms in total. The van der Waals surface area contributed by atoms with Gasteiger partial charge in [0.25, 0.3) is 0 Å². The van der Waals surface area contributed by atoms with Crippen molar-refractivity contribution in [3.05, 3.63) is 30.6 Å². The van der Waals surface area contributed by atoms with E-state index in [1.54, 1.807) is 23.0 Å². The van der Waals surface area contributed by atoms with Crippen LogP contribution in [0.3, 0.4) is 0 Å². The Morgan fingerprint density at radius 3 is 2.89 bits per heavy atom. The Morgan fingerprint density at radius 2 is 2.11 bits per heavy atom. The molecule has 0 saturated heterocycles. The maximum absolute atomic E-state index is 12.9. The molecule has 0 saturated carbocycles. The molecule has 7 heteroatoms. The minimum atomic E-state index is -3.60. The molecule has 2 aromatic rings. The number of fused-ring (bicyclic) bond motifs is 1. The monoisotopic (exact) mass is 267 g/mol. The van der Waals surface area contributed by atoms with Gasteiger partial charge in [-0.2, -0.15) is 0 Å². The number of hydrogen-bond donors (Lipinski definition) is 1. The van der Waals surface area contributed by atoms with Crippen molar-refractivity contribution in [1.29, 1.82) is 0 Å². The van der Waals surface area contributed by atoms with E-state index in [4.69, 9.17) is 0 Å². The van der Waals surface area contributed by atoms with Crippen LogP contribution in [0.1, 0.15) is 6.92 Å². The fraction of sp³-hybridized carbons (Fsp3) is 0.250. The van der Waals surface area contributed by atoms with Crippen LogP contribution in [0, 0.1) is 0 Å². The lowest BCUT2D eigenvalue weighted by Gasteiger charge is -2.08. The van der Waals surface area contributed by atoms with Crippen LogP contribution in [-0.4, -0.2) is 22.4 Å². The normalized spacial score (nSPS) is 15.5. The molecular formula is C12H11F2N3O2. The molecule has 0 unspecified atom stereocenters. The second kappa shape index (κ2) is 4.11. The summed E-state index contributed by atoms with van der Waals surface area (Å²) in [5.74, 6) is 0.672. The topological polar surface area (TPSA) is 48.3 Å². The summed E-state index contributed by atoms with van der Waals surface area (Å²) >= 11 is 0. The first kappa shape index (κ1) is 11.8. The number of nitrogens with one attached hydrogen (secondary N) is 1. The van der Waals surface area contributed by atoms with Crippen molar-refractivity contribution in [2.45, 2.75) is 13.2 Å². The molecule has 1 N–H and O–H groups in total. The second-order valence-electron chi connectivity index (χ2n) is 3.95. The maximum atomic E-state index is 12.9. The number of anilines is 1. The molecule has 1 aromatic carbocycles. The molecule has 1 aromatic heterocycles. The third kappa shape index (κ3) is 2.07. The zero-order valence-electron chi connectivity index (χ0n) is 10.1. The van der Waals surface area contributed by atoms with Gasteiger partial charge in [0.15, 0.2) is 11.5 Å². The zero-order valence-corrected chi connectivity index (χ0v) is 10.1. The van der Waals surface area contributed by atoms with E-state index in [2.05, 4.69) is 19.8 Å². The minimum Gasteiger partial charge on any atom is -0.395 e. The van der Waals surface area contributed by atoms with Crippen LogP contribution in [0.4, 0.5) is 14.7 Å². The molecule has 19 heavy (non-hydrogen) atoms. The summed E-state index contributed by atoms with van der Waals surface area (Å²) in [5, 5.41) is 3.07. The summed E-state index contributed by atoms with van der Waals surface area (Å²) in [4.78, 5) is 4.14. The van der Waals surface area contributed by atoms with E-state index >= 15 is 0 Å². The van der Waals surface area contributed by atoms with Gasteiger partial charge in [0.2, 0.25) is 5.95 Å². The summed E-state index contributed by atoms with van der Waals surface area (Å²) in [5.41, 5.74) is 0.661. The summed E-state index contributed by atoms with van der Waals surface area (Å²) < 4.78 is 36.4. The molecule has 3 rings (SSSR count). The molecule has 100 valence electrons. The van der Waals surface area contributed by atoms with Gasteiger partial charge in [-0.05, 0) is 19.1 Å². The van der Waals surface area contributed by atoms with Gasteiger partial charge in [0.1, 0.15) is 0 Å². The Kier molecular flexibility index (Phi) is 2.55. The highest BCUT2D eigenvalue weighted by atomic mass is 19.3. The van der Waals surface area contributed by atoms with Gasteiger partial charge in [-0.15, -0.1) is 8.78 Å². The number of hydrogen-bond acceptors (Lipinski definition) is 4. The van der Waals surface area contributed by atoms with E-state index in [0.29, 0.717) is 18.2 Å². The molecule has 0 atom stereocenters. The maximum Gasteiger partial charge on any atom is 0.586 e. The first-order valence-electron chi connectivity index (χ1n) is 5.76. The van der Waals surface area contributed by atoms with E-state index in [9.17, 15) is 8.78 Å². The largest absolute Gasteiger partial charge is 0.586 e. The summed E-state index contributed by atoms with van der Waals surface area (Å²) in [6.45, 7) is 2.65. The quantitative estimate of drug-likeness (QED) is 0.928. The summed E-state index contributed by atoms with van der Waals surface area (Å²) in [6.07, 6.45) is -0.245. The average molecular weight is 267 g/mol. The smallest absolute Gasteiger partial charge is 0.395 e. The SMILES string of the molecule is CCNc1nccn1-c1ccc2c(c1)OC(F)(F)O2. The highest BCUT2D eigenvalue weighted by Crippen LogP contribution is 2.41. The molecule has 0 amide bonds. The van der Waals surface area contributed by atoms with Crippen LogP contribution < -0.4 is 14.8 Å². The van der Waals surface area contributed by atoms with Crippen molar-refractivity contribution in [1.82, 2.24) is 9.55 Å². The Hall–Kier alpha value is -2.31. The van der Waals surface area contributed by atoms with Gasteiger partial charge in [-0.3, -0.25) is 4.57 Å². The van der Waals surface area contributed by atoms with Crippen LogP contribution in [0.2, 0.25) is 0 Å². The van der Waals surface area contributed by atoms with Crippen molar-refractivity contribution in [3.63, 3.8) is 0 Å². The fourth-order valence-electron chi connectivity index (χ4n) is 1.89. The Labute approximate surface area is 107 Å². The molecule has 1 aliphatic heterocycles. The van der Waals surface area contributed by atoms with Gasteiger partial charge in [-0.25, -0.2) is 4.98 Å². The molecule has 0 aliphatic carbocycles. The summed E-state index contributed by atoms with van der Waals surface area (Å²) in [6, 6.07) is 4.59. The second-order valence-corrected chi connectivity index (χ2v) is 3.95. The standard InChI is InChI=1S/C12H11F2N3O2/c1-2-15-11-16-5-6-17(11)8-3-4-9-10(7-8)19-12(13,14)18-9/h3-7H,2H2,1H3,(H,15,16). The van der Waals surface area contributed by atoms with Crippen molar-refractivity contribution in [2.24, 2.45) is 0 Å². The van der Waals surface area contributed by atoms with Crippen molar-refractivity contribution in [2.75, 3.05) is 11.9 Å². The minimum absolute atomic E-state index is 0.0126. The van der Waals surface area contributed by atoms with Crippen LogP contribution in [0.15, 0.2) is 30.6 Å². The zero-order chi connectivity index (χ0) is 13.5. The molecule has 0 spiro atoms. The molecule has 0 radical (unpaired) electrons. The molecular weight excluding hydrogens is 256 g/mol. The third-order valence-corrected chi connectivity index (χ3v) is 2.64. The lowest BCUT2D eigenvalue weighted by Crippen LogP contribution is -2.25. The number of alkyl halides is 2. The molecule has 0 bridgehead atoms. The predicted molar refractivity (Wildman–Crippen MR) is 63.9 cm³/mol. The highest BCUT2D eigenvalue weighted by Gasteiger charge is 2.43. The molecule has 2 heterocycles. The first-order chi connectivity index (χ1) is 9.09. The van der Waals surface area contributed by atoms with Crippen LogP contribution in [-0.2, 0) is 0 Å². The highest BCUT2D eigenvalue weighted by molar-refractivity contribution is 5.52. The number of halogens is 2. The number of nitrogens with zero attached hydrogens (tertiary/aromatic N) is 2. The van der Waals surface area contributed by atoms with E-state index in [1.165, 1.54) is 12.1 Å². The van der Waals surface area contributed by atoms with Crippen molar-refractivity contribution >= 4 is 5.95 Å². The number of rotatable bonds is 3. The van der Waals surface area contributed by atoms with Crippen LogP contribution in [0.25, 0.3) is 5.69 Å². The third-order valence-electron chi connectivity index (χ3n) is 2.64. The van der Waals surface area contributed by atoms with Gasteiger partial charge in [0, 0.05) is 25.0 Å². The van der Waals surface area contributed by atoms with Gasteiger partial charge in [0.05, 0.1) is 5.69 Å². The van der Waals surface area contributed by atoms with Gasteiger partial charge >= 0.3 is 6.29 Å². The van der Waals surface area contributed by atoms with Gasteiger partial charge in [-0.1, -0.05) is 0 Å². The van der Waals surface area contributed by atoms with E-state index in [0.717, 1.165) is 0 Å². The number of ether oxygens (including phenoxy) is 2. The lowest BCUT2D eigenvalue weighted by molar-refractivity contribution is -0.286. The average Bonchev–Trinajstić information content (AvgIpc) is 2.90. The van der Waals surface area contributed by atoms with Crippen LogP contribution >= 0.6 is 0 Å². The summed E-state index contributed by atoms with van der Waals surface area (Å²) in [7, 11) is 0. The number of imidazole rings is 1. The van der Waals surface area contributed by atoms with E-state index in [1.807, 2.05) is 6.92 Å². The number of benzene rings is 1. The predicted octanol–water partition coefficient (Wildman–Crippen LogP) is 2.63. The van der Waals surface area contributed by atoms with Gasteiger partial charge < -0.3 is 14.8 Å². The van der Waals surface area contributed by atoms with Crippen molar-refractivity contribution < 1.29 is 18.3 Å².